The number of likely N-dealkylation sites (tertiary alicyclic amines) is 1. The van der Waals surface area contributed by atoms with E-state index in [0.717, 1.165) is 0 Å². The maximum Gasteiger partial charge on any atom is 0.326 e. The van der Waals surface area contributed by atoms with Gasteiger partial charge in [-0.05, 0) is 36.6 Å². The molecule has 0 unspecified atom stereocenters. The van der Waals surface area contributed by atoms with Crippen molar-refractivity contribution in [2.75, 3.05) is 6.54 Å². The first kappa shape index (κ1) is 14.5. The van der Waals surface area contributed by atoms with E-state index in [2.05, 4.69) is 0 Å². The summed E-state index contributed by atoms with van der Waals surface area (Å²) in [5.74, 6) is -1.88. The Morgan fingerprint density at radius 2 is 2.20 bits per heavy atom. The molecule has 1 aliphatic rings. The van der Waals surface area contributed by atoms with E-state index in [0.29, 0.717) is 24.9 Å². The molecule has 0 spiro atoms. The van der Waals surface area contributed by atoms with Gasteiger partial charge in [0.2, 0.25) is 5.91 Å². The quantitative estimate of drug-likeness (QED) is 0.872. The molecule has 1 amide bonds. The van der Waals surface area contributed by atoms with Gasteiger partial charge in [0.15, 0.2) is 0 Å². The molecule has 0 radical (unpaired) electrons. The van der Waals surface area contributed by atoms with Gasteiger partial charge in [0.1, 0.15) is 11.9 Å². The molecular formula is C14H13ClFNO3. The van der Waals surface area contributed by atoms with Gasteiger partial charge < -0.3 is 10.0 Å². The van der Waals surface area contributed by atoms with Gasteiger partial charge in [0.25, 0.3) is 0 Å². The zero-order valence-electron chi connectivity index (χ0n) is 10.6. The highest BCUT2D eigenvalue weighted by Gasteiger charge is 2.32. The fourth-order valence-corrected chi connectivity index (χ4v) is 2.36. The molecule has 1 fully saturated rings. The lowest BCUT2D eigenvalue weighted by atomic mass is 10.2. The minimum absolute atomic E-state index is 0.0239. The van der Waals surface area contributed by atoms with Crippen molar-refractivity contribution in [3.05, 3.63) is 40.7 Å². The zero-order valence-corrected chi connectivity index (χ0v) is 11.3. The third-order valence-corrected chi connectivity index (χ3v) is 3.47. The number of amides is 1. The Balaban J connectivity index is 2.08. The summed E-state index contributed by atoms with van der Waals surface area (Å²) in [5, 5.41) is 8.98. The first-order chi connectivity index (χ1) is 9.49. The van der Waals surface area contributed by atoms with Gasteiger partial charge in [-0.3, -0.25) is 4.79 Å². The van der Waals surface area contributed by atoms with Gasteiger partial charge in [-0.1, -0.05) is 17.7 Å². The van der Waals surface area contributed by atoms with Crippen molar-refractivity contribution in [1.82, 2.24) is 4.90 Å². The highest BCUT2D eigenvalue weighted by Crippen LogP contribution is 2.19. The van der Waals surface area contributed by atoms with Crippen LogP contribution in [0.1, 0.15) is 18.4 Å². The van der Waals surface area contributed by atoms with E-state index in [9.17, 15) is 14.0 Å². The van der Waals surface area contributed by atoms with Crippen molar-refractivity contribution in [1.29, 1.82) is 0 Å². The molecule has 20 heavy (non-hydrogen) atoms. The van der Waals surface area contributed by atoms with Crippen LogP contribution < -0.4 is 0 Å². The molecule has 0 bridgehead atoms. The van der Waals surface area contributed by atoms with E-state index in [4.69, 9.17) is 16.7 Å². The van der Waals surface area contributed by atoms with E-state index in [1.54, 1.807) is 0 Å². The van der Waals surface area contributed by atoms with Crippen molar-refractivity contribution in [3.8, 4) is 0 Å². The standard InChI is InChI=1S/C14H13ClFNO3/c15-10-8-9(3-5-11(10)16)4-6-13(18)17-7-1-2-12(17)14(19)20/h3-6,8,12H,1-2,7H2,(H,19,20)/t12-/m1/s1. The first-order valence-corrected chi connectivity index (χ1v) is 6.53. The third kappa shape index (κ3) is 3.17. The van der Waals surface area contributed by atoms with E-state index in [-0.39, 0.29) is 10.9 Å². The molecule has 2 rings (SSSR count). The van der Waals surface area contributed by atoms with Gasteiger partial charge >= 0.3 is 5.97 Å². The topological polar surface area (TPSA) is 57.6 Å². The van der Waals surface area contributed by atoms with Crippen molar-refractivity contribution in [3.63, 3.8) is 0 Å². The Bertz CT molecular complexity index is 574. The summed E-state index contributed by atoms with van der Waals surface area (Å²) in [6.07, 6.45) is 3.92. The number of hydrogen-bond acceptors (Lipinski definition) is 2. The normalized spacial score (nSPS) is 18.7. The number of carboxylic acids is 1. The van der Waals surface area contributed by atoms with E-state index >= 15 is 0 Å². The number of aliphatic carboxylic acids is 1. The predicted octanol–water partition coefficient (Wildman–Crippen LogP) is 2.57. The van der Waals surface area contributed by atoms with E-state index in [1.165, 1.54) is 35.3 Å². The Morgan fingerprint density at radius 1 is 1.45 bits per heavy atom. The molecule has 1 N–H and O–H groups in total. The van der Waals surface area contributed by atoms with E-state index < -0.39 is 17.8 Å². The average Bonchev–Trinajstić information content (AvgIpc) is 2.89. The number of hydrogen-bond donors (Lipinski definition) is 1. The molecular weight excluding hydrogens is 285 g/mol. The lowest BCUT2D eigenvalue weighted by Gasteiger charge is -2.19. The second-order valence-corrected chi connectivity index (χ2v) is 4.94. The Kier molecular flexibility index (Phi) is 4.39. The Labute approximate surface area is 120 Å². The smallest absolute Gasteiger partial charge is 0.326 e. The molecule has 1 atom stereocenters. The molecule has 106 valence electrons. The van der Waals surface area contributed by atoms with Crippen molar-refractivity contribution in [2.45, 2.75) is 18.9 Å². The summed E-state index contributed by atoms with van der Waals surface area (Å²) in [5.41, 5.74) is 0.579. The molecule has 1 saturated heterocycles. The average molecular weight is 298 g/mol. The summed E-state index contributed by atoms with van der Waals surface area (Å²) in [6.45, 7) is 0.435. The van der Waals surface area contributed by atoms with E-state index in [1.807, 2.05) is 0 Å². The maximum absolute atomic E-state index is 13.0. The lowest BCUT2D eigenvalue weighted by molar-refractivity contribution is -0.146. The maximum atomic E-state index is 13.0. The molecule has 1 aromatic rings. The van der Waals surface area contributed by atoms with Gasteiger partial charge in [-0.15, -0.1) is 0 Å². The number of carbonyl (C=O) groups excluding carboxylic acids is 1. The number of carbonyl (C=O) groups is 2. The SMILES string of the molecule is O=C(O)[C@H]1CCCN1C(=O)C=Cc1ccc(F)c(Cl)c1. The van der Waals surface area contributed by atoms with Gasteiger partial charge in [-0.25, -0.2) is 9.18 Å². The van der Waals surface area contributed by atoms with Crippen LogP contribution in [0.3, 0.4) is 0 Å². The number of rotatable bonds is 3. The van der Waals surface area contributed by atoms with Gasteiger partial charge in [0.05, 0.1) is 5.02 Å². The summed E-state index contributed by atoms with van der Waals surface area (Å²) in [7, 11) is 0. The third-order valence-electron chi connectivity index (χ3n) is 3.18. The second-order valence-electron chi connectivity index (χ2n) is 4.53. The highest BCUT2D eigenvalue weighted by molar-refractivity contribution is 6.30. The van der Waals surface area contributed by atoms with Crippen LogP contribution in [-0.2, 0) is 9.59 Å². The number of halogens is 2. The van der Waals surface area contributed by atoms with Crippen LogP contribution in [0.2, 0.25) is 5.02 Å². The summed E-state index contributed by atoms with van der Waals surface area (Å²) in [4.78, 5) is 24.3. The largest absolute Gasteiger partial charge is 0.480 e. The van der Waals surface area contributed by atoms with Gasteiger partial charge in [-0.2, -0.15) is 0 Å². The molecule has 6 heteroatoms. The monoisotopic (exact) mass is 297 g/mol. The number of carboxylic acid groups (broad SMARTS) is 1. The molecule has 1 heterocycles. The van der Waals surface area contributed by atoms with Crippen LogP contribution in [0.15, 0.2) is 24.3 Å². The first-order valence-electron chi connectivity index (χ1n) is 6.15. The Hall–Kier alpha value is -1.88. The number of nitrogens with zero attached hydrogens (tertiary/aromatic N) is 1. The van der Waals surface area contributed by atoms with Crippen molar-refractivity contribution < 1.29 is 19.1 Å². The molecule has 0 saturated carbocycles. The van der Waals surface area contributed by atoms with Crippen LogP contribution >= 0.6 is 11.6 Å². The van der Waals surface area contributed by atoms with Crippen LogP contribution in [0.4, 0.5) is 4.39 Å². The number of benzene rings is 1. The molecule has 0 aromatic heterocycles. The van der Waals surface area contributed by atoms with Crippen LogP contribution in [-0.4, -0.2) is 34.5 Å². The van der Waals surface area contributed by atoms with Crippen LogP contribution in [0, 0.1) is 5.82 Å². The summed E-state index contributed by atoms with van der Waals surface area (Å²) >= 11 is 5.64. The highest BCUT2D eigenvalue weighted by atomic mass is 35.5. The summed E-state index contributed by atoms with van der Waals surface area (Å²) < 4.78 is 13.0. The molecule has 4 nitrogen and oxygen atoms in total. The minimum atomic E-state index is -0.992. The zero-order chi connectivity index (χ0) is 14.7. The minimum Gasteiger partial charge on any atom is -0.480 e. The van der Waals surface area contributed by atoms with Gasteiger partial charge in [0, 0.05) is 12.6 Å². The van der Waals surface area contributed by atoms with Crippen LogP contribution in [0.25, 0.3) is 6.08 Å². The van der Waals surface area contributed by atoms with Crippen molar-refractivity contribution >= 4 is 29.6 Å². The lowest BCUT2D eigenvalue weighted by Crippen LogP contribution is -2.39. The predicted molar refractivity (Wildman–Crippen MR) is 72.8 cm³/mol. The summed E-state index contributed by atoms with van der Waals surface area (Å²) in [6, 6.07) is 3.34. The molecule has 0 aliphatic carbocycles. The fraction of sp³-hybridized carbons (Fsp3) is 0.286. The molecule has 1 aliphatic heterocycles. The van der Waals surface area contributed by atoms with Crippen molar-refractivity contribution in [2.24, 2.45) is 0 Å². The Morgan fingerprint density at radius 3 is 2.85 bits per heavy atom. The molecule has 1 aromatic carbocycles. The fourth-order valence-electron chi connectivity index (χ4n) is 2.17. The van der Waals surface area contributed by atoms with Crippen LogP contribution in [0.5, 0.6) is 0 Å². The second kappa shape index (κ2) is 6.05.